The van der Waals surface area contributed by atoms with Crippen molar-refractivity contribution in [1.82, 2.24) is 0 Å². The number of aliphatic hydroxyl groups is 3. The van der Waals surface area contributed by atoms with Crippen molar-refractivity contribution in [3.8, 4) is 0 Å². The van der Waals surface area contributed by atoms with Crippen molar-refractivity contribution < 1.29 is 30.0 Å². The van der Waals surface area contributed by atoms with Crippen LogP contribution in [-0.2, 0) is 9.53 Å². The van der Waals surface area contributed by atoms with E-state index in [1.165, 1.54) is 0 Å². The molecule has 0 aromatic carbocycles. The smallest absolute Gasteiger partial charge is 0.364 e. The standard InChI is InChI=1S/C6H10O6/c7-4(8)6(11)2-1-5(9,10)3-12-6/h9-11H,1-3H2,(H,7,8). The molecule has 1 atom stereocenters. The largest absolute Gasteiger partial charge is 0.477 e. The van der Waals surface area contributed by atoms with E-state index >= 15 is 0 Å². The second-order valence-corrected chi connectivity index (χ2v) is 2.86. The van der Waals surface area contributed by atoms with E-state index in [9.17, 15) is 4.79 Å². The predicted octanol–water partition coefficient (Wildman–Crippen LogP) is -1.75. The number of hydrogen-bond donors (Lipinski definition) is 4. The number of aliphatic carboxylic acids is 1. The van der Waals surface area contributed by atoms with Crippen LogP contribution in [-0.4, -0.2) is 44.6 Å². The molecule has 0 aromatic heterocycles. The molecule has 1 saturated heterocycles. The van der Waals surface area contributed by atoms with Crippen LogP contribution in [0.4, 0.5) is 0 Å². The van der Waals surface area contributed by atoms with Crippen LogP contribution < -0.4 is 0 Å². The SMILES string of the molecule is O=C(O)C1(O)CCC(O)(O)CO1. The lowest BCUT2D eigenvalue weighted by atomic mass is 10.0. The van der Waals surface area contributed by atoms with Gasteiger partial charge in [-0.2, -0.15) is 0 Å². The van der Waals surface area contributed by atoms with Crippen LogP contribution in [0, 0.1) is 0 Å². The summed E-state index contributed by atoms with van der Waals surface area (Å²) in [6.45, 7) is -0.601. The maximum absolute atomic E-state index is 10.3. The van der Waals surface area contributed by atoms with Crippen molar-refractivity contribution in [1.29, 1.82) is 0 Å². The molecule has 1 heterocycles. The molecule has 1 aliphatic heterocycles. The third-order valence-corrected chi connectivity index (χ3v) is 1.74. The molecule has 0 saturated carbocycles. The molecule has 0 bridgehead atoms. The van der Waals surface area contributed by atoms with Crippen molar-refractivity contribution >= 4 is 5.97 Å². The Morgan fingerprint density at radius 3 is 2.17 bits per heavy atom. The van der Waals surface area contributed by atoms with E-state index in [-0.39, 0.29) is 12.8 Å². The lowest BCUT2D eigenvalue weighted by molar-refractivity contribution is -0.308. The first kappa shape index (κ1) is 9.40. The van der Waals surface area contributed by atoms with E-state index in [4.69, 9.17) is 20.4 Å². The van der Waals surface area contributed by atoms with Gasteiger partial charge in [0.2, 0.25) is 0 Å². The van der Waals surface area contributed by atoms with Gasteiger partial charge in [-0.3, -0.25) is 0 Å². The highest BCUT2D eigenvalue weighted by molar-refractivity contribution is 5.75. The Morgan fingerprint density at radius 1 is 1.25 bits per heavy atom. The number of rotatable bonds is 1. The summed E-state index contributed by atoms with van der Waals surface area (Å²) in [4.78, 5) is 10.3. The number of carbonyl (C=O) groups is 1. The Kier molecular flexibility index (Phi) is 2.09. The van der Waals surface area contributed by atoms with E-state index in [0.717, 1.165) is 0 Å². The molecule has 70 valence electrons. The molecule has 4 N–H and O–H groups in total. The second-order valence-electron chi connectivity index (χ2n) is 2.86. The van der Waals surface area contributed by atoms with Crippen LogP contribution in [0.1, 0.15) is 12.8 Å². The van der Waals surface area contributed by atoms with Crippen LogP contribution >= 0.6 is 0 Å². The fraction of sp³-hybridized carbons (Fsp3) is 0.833. The van der Waals surface area contributed by atoms with Gasteiger partial charge in [-0.15, -0.1) is 0 Å². The van der Waals surface area contributed by atoms with Gasteiger partial charge in [-0.25, -0.2) is 4.79 Å². The van der Waals surface area contributed by atoms with Gasteiger partial charge in [0.05, 0.1) is 0 Å². The van der Waals surface area contributed by atoms with Crippen LogP contribution in [0.3, 0.4) is 0 Å². The molecular weight excluding hydrogens is 168 g/mol. The van der Waals surface area contributed by atoms with Crippen molar-refractivity contribution in [2.45, 2.75) is 24.4 Å². The van der Waals surface area contributed by atoms with E-state index < -0.39 is 24.2 Å². The fourth-order valence-electron chi connectivity index (χ4n) is 0.918. The third kappa shape index (κ3) is 1.72. The minimum absolute atomic E-state index is 0.226. The van der Waals surface area contributed by atoms with Crippen molar-refractivity contribution in [2.24, 2.45) is 0 Å². The van der Waals surface area contributed by atoms with E-state index in [2.05, 4.69) is 4.74 Å². The third-order valence-electron chi connectivity index (χ3n) is 1.74. The maximum Gasteiger partial charge on any atom is 0.364 e. The molecule has 1 fully saturated rings. The van der Waals surface area contributed by atoms with Gasteiger partial charge in [0, 0.05) is 12.8 Å². The molecule has 0 spiro atoms. The second kappa shape index (κ2) is 2.67. The van der Waals surface area contributed by atoms with E-state index in [1.54, 1.807) is 0 Å². The molecule has 0 radical (unpaired) electrons. The monoisotopic (exact) mass is 178 g/mol. The topological polar surface area (TPSA) is 107 Å². The van der Waals surface area contributed by atoms with Gasteiger partial charge in [0.15, 0.2) is 5.79 Å². The van der Waals surface area contributed by atoms with Crippen molar-refractivity contribution in [3.05, 3.63) is 0 Å². The zero-order chi connectivity index (χ0) is 9.41. The Balaban J connectivity index is 2.62. The molecule has 1 rings (SSSR count). The average Bonchev–Trinajstić information content (AvgIpc) is 1.96. The van der Waals surface area contributed by atoms with Crippen molar-refractivity contribution in [2.75, 3.05) is 6.61 Å². The van der Waals surface area contributed by atoms with Gasteiger partial charge < -0.3 is 25.2 Å². The Labute approximate surface area is 68.0 Å². The van der Waals surface area contributed by atoms with Crippen LogP contribution in [0.2, 0.25) is 0 Å². The summed E-state index contributed by atoms with van der Waals surface area (Å²) < 4.78 is 4.40. The van der Waals surface area contributed by atoms with Crippen LogP contribution in [0.5, 0.6) is 0 Å². The molecule has 1 aliphatic rings. The molecule has 0 amide bonds. The van der Waals surface area contributed by atoms with Crippen molar-refractivity contribution in [3.63, 3.8) is 0 Å². The van der Waals surface area contributed by atoms with Crippen LogP contribution in [0.15, 0.2) is 0 Å². The van der Waals surface area contributed by atoms with Gasteiger partial charge in [-0.05, 0) is 0 Å². The molecule has 12 heavy (non-hydrogen) atoms. The highest BCUT2D eigenvalue weighted by Gasteiger charge is 2.46. The van der Waals surface area contributed by atoms with E-state index in [1.807, 2.05) is 0 Å². The quantitative estimate of drug-likeness (QED) is 0.355. The Bertz CT molecular complexity index is 188. The molecule has 6 nitrogen and oxygen atoms in total. The molecule has 0 aromatic rings. The summed E-state index contributed by atoms with van der Waals surface area (Å²) in [6, 6.07) is 0. The molecule has 0 aliphatic carbocycles. The van der Waals surface area contributed by atoms with Crippen LogP contribution in [0.25, 0.3) is 0 Å². The maximum atomic E-state index is 10.3. The molecule has 1 unspecified atom stereocenters. The van der Waals surface area contributed by atoms with Gasteiger partial charge in [0.25, 0.3) is 5.79 Å². The summed E-state index contributed by atoms with van der Waals surface area (Å²) in [5, 5.41) is 35.4. The van der Waals surface area contributed by atoms with Gasteiger partial charge >= 0.3 is 5.97 Å². The average molecular weight is 178 g/mol. The first-order valence-corrected chi connectivity index (χ1v) is 3.40. The van der Waals surface area contributed by atoms with E-state index in [0.29, 0.717) is 0 Å². The highest BCUT2D eigenvalue weighted by atomic mass is 16.7. The number of hydrogen-bond acceptors (Lipinski definition) is 5. The normalized spacial score (nSPS) is 34.6. The Morgan fingerprint density at radius 2 is 1.83 bits per heavy atom. The first-order chi connectivity index (χ1) is 5.36. The number of ether oxygens (including phenoxy) is 1. The minimum Gasteiger partial charge on any atom is -0.477 e. The zero-order valence-corrected chi connectivity index (χ0v) is 6.23. The number of carboxylic acid groups (broad SMARTS) is 1. The summed E-state index contributed by atoms with van der Waals surface area (Å²) >= 11 is 0. The zero-order valence-electron chi connectivity index (χ0n) is 6.23. The number of carboxylic acids is 1. The summed E-state index contributed by atoms with van der Waals surface area (Å²) in [7, 11) is 0. The summed E-state index contributed by atoms with van der Waals surface area (Å²) in [5.74, 6) is -5.81. The summed E-state index contributed by atoms with van der Waals surface area (Å²) in [5.41, 5.74) is 0. The molecular formula is C6H10O6. The molecule has 6 heteroatoms. The lowest BCUT2D eigenvalue weighted by Gasteiger charge is -2.34. The fourth-order valence-corrected chi connectivity index (χ4v) is 0.918. The minimum atomic E-state index is -2.27. The summed E-state index contributed by atoms with van der Waals surface area (Å²) in [6.07, 6.45) is -0.564. The first-order valence-electron chi connectivity index (χ1n) is 3.40. The van der Waals surface area contributed by atoms with Gasteiger partial charge in [-0.1, -0.05) is 0 Å². The predicted molar refractivity (Wildman–Crippen MR) is 34.9 cm³/mol. The Hall–Kier alpha value is -0.690. The highest BCUT2D eigenvalue weighted by Crippen LogP contribution is 2.27. The van der Waals surface area contributed by atoms with Gasteiger partial charge in [0.1, 0.15) is 6.61 Å². The lowest BCUT2D eigenvalue weighted by Crippen LogP contribution is -2.52.